The zero-order valence-electron chi connectivity index (χ0n) is 15.9. The van der Waals surface area contributed by atoms with Gasteiger partial charge in [0, 0.05) is 38.2 Å². The lowest BCUT2D eigenvalue weighted by Gasteiger charge is -2.36. The molecule has 2 fully saturated rings. The van der Waals surface area contributed by atoms with Gasteiger partial charge in [-0.2, -0.15) is 0 Å². The number of nitrogens with zero attached hydrogens (tertiary/aromatic N) is 2. The van der Waals surface area contributed by atoms with Crippen LogP contribution in [0.3, 0.4) is 0 Å². The van der Waals surface area contributed by atoms with Crippen LogP contribution in [0.4, 0.5) is 5.69 Å². The van der Waals surface area contributed by atoms with Crippen molar-refractivity contribution in [1.29, 1.82) is 0 Å². The molecular weight excluding hydrogens is 340 g/mol. The van der Waals surface area contributed by atoms with Crippen molar-refractivity contribution in [2.24, 2.45) is 5.92 Å². The van der Waals surface area contributed by atoms with Crippen LogP contribution in [-0.2, 0) is 4.79 Å². The molecule has 27 heavy (non-hydrogen) atoms. The van der Waals surface area contributed by atoms with Crippen LogP contribution < -0.4 is 9.64 Å². The minimum Gasteiger partial charge on any atom is -0.495 e. The maximum Gasteiger partial charge on any atom is 0.246 e. The number of benzene rings is 1. The SMILES string of the molecule is COc1ccccc1N1CCN(C(=O)/C=C/c2ccc(C3CC3C)o2)CC1. The van der Waals surface area contributed by atoms with Gasteiger partial charge in [0.1, 0.15) is 17.3 Å². The molecule has 1 aromatic heterocycles. The minimum atomic E-state index is 0.0346. The average Bonchev–Trinajstić information content (AvgIpc) is 3.26. The molecule has 1 saturated carbocycles. The monoisotopic (exact) mass is 366 g/mol. The molecule has 4 rings (SSSR count). The van der Waals surface area contributed by atoms with Crippen molar-refractivity contribution in [3.8, 4) is 5.75 Å². The molecule has 2 atom stereocenters. The number of methoxy groups -OCH3 is 1. The van der Waals surface area contributed by atoms with Gasteiger partial charge in [-0.1, -0.05) is 19.1 Å². The van der Waals surface area contributed by atoms with Crippen molar-refractivity contribution >= 4 is 17.7 Å². The van der Waals surface area contributed by atoms with Crippen molar-refractivity contribution in [2.75, 3.05) is 38.2 Å². The molecule has 2 aliphatic rings. The zero-order chi connectivity index (χ0) is 18.8. The molecule has 142 valence electrons. The number of amides is 1. The third-order valence-corrected chi connectivity index (χ3v) is 5.53. The van der Waals surface area contributed by atoms with Gasteiger partial charge in [-0.15, -0.1) is 0 Å². The minimum absolute atomic E-state index is 0.0346. The first-order chi connectivity index (χ1) is 13.2. The van der Waals surface area contributed by atoms with E-state index in [1.54, 1.807) is 19.3 Å². The Kier molecular flexibility index (Phi) is 4.92. The lowest BCUT2D eigenvalue weighted by molar-refractivity contribution is -0.126. The van der Waals surface area contributed by atoms with Crippen molar-refractivity contribution in [3.05, 3.63) is 54.0 Å². The van der Waals surface area contributed by atoms with Crippen molar-refractivity contribution in [2.45, 2.75) is 19.3 Å². The summed E-state index contributed by atoms with van der Waals surface area (Å²) in [6.07, 6.45) is 4.61. The van der Waals surface area contributed by atoms with E-state index in [0.29, 0.717) is 24.9 Å². The van der Waals surface area contributed by atoms with Gasteiger partial charge in [-0.3, -0.25) is 4.79 Å². The predicted molar refractivity (Wildman–Crippen MR) is 106 cm³/mol. The Hall–Kier alpha value is -2.69. The average molecular weight is 366 g/mol. The van der Waals surface area contributed by atoms with E-state index in [1.807, 2.05) is 35.2 Å². The summed E-state index contributed by atoms with van der Waals surface area (Å²) >= 11 is 0. The standard InChI is InChI=1S/C22H26N2O3/c1-16-15-18(16)20-9-7-17(27-20)8-10-22(25)24-13-11-23(12-14-24)19-5-3-4-6-21(19)26-2/h3-10,16,18H,11-15H2,1-2H3/b10-8+. The molecule has 2 aromatic rings. The zero-order valence-corrected chi connectivity index (χ0v) is 15.9. The number of rotatable bonds is 5. The van der Waals surface area contributed by atoms with Crippen LogP contribution >= 0.6 is 0 Å². The van der Waals surface area contributed by atoms with E-state index in [2.05, 4.69) is 17.9 Å². The van der Waals surface area contributed by atoms with Gasteiger partial charge in [-0.05, 0) is 42.7 Å². The van der Waals surface area contributed by atoms with E-state index < -0.39 is 0 Å². The largest absolute Gasteiger partial charge is 0.495 e. The van der Waals surface area contributed by atoms with Crippen molar-refractivity contribution < 1.29 is 13.9 Å². The van der Waals surface area contributed by atoms with E-state index in [0.717, 1.165) is 36.0 Å². The summed E-state index contributed by atoms with van der Waals surface area (Å²) < 4.78 is 11.3. The maximum atomic E-state index is 12.5. The number of carbonyl (C=O) groups excluding carboxylic acids is 1. The lowest BCUT2D eigenvalue weighted by Crippen LogP contribution is -2.48. The fourth-order valence-corrected chi connectivity index (χ4v) is 3.69. The Morgan fingerprint density at radius 2 is 1.89 bits per heavy atom. The maximum absolute atomic E-state index is 12.5. The Morgan fingerprint density at radius 3 is 2.59 bits per heavy atom. The first kappa shape index (κ1) is 17.7. The number of para-hydroxylation sites is 2. The summed E-state index contributed by atoms with van der Waals surface area (Å²) in [6, 6.07) is 12.0. The normalized spacial score (nSPS) is 22.3. The highest BCUT2D eigenvalue weighted by Crippen LogP contribution is 2.47. The summed E-state index contributed by atoms with van der Waals surface area (Å²) in [6.45, 7) is 5.22. The van der Waals surface area contributed by atoms with Crippen molar-refractivity contribution in [1.82, 2.24) is 4.90 Å². The topological polar surface area (TPSA) is 45.9 Å². The fraction of sp³-hybridized carbons (Fsp3) is 0.409. The number of anilines is 1. The molecule has 0 radical (unpaired) electrons. The van der Waals surface area contributed by atoms with Gasteiger partial charge in [0.05, 0.1) is 12.8 Å². The first-order valence-corrected chi connectivity index (χ1v) is 9.60. The molecule has 5 heteroatoms. The molecule has 0 spiro atoms. The number of hydrogen-bond donors (Lipinski definition) is 0. The molecule has 1 amide bonds. The van der Waals surface area contributed by atoms with Crippen molar-refractivity contribution in [3.63, 3.8) is 0 Å². The summed E-state index contributed by atoms with van der Waals surface area (Å²) in [7, 11) is 1.69. The van der Waals surface area contributed by atoms with Gasteiger partial charge in [0.25, 0.3) is 0 Å². The molecule has 1 aromatic carbocycles. The number of ether oxygens (including phenoxy) is 1. The Balaban J connectivity index is 1.32. The van der Waals surface area contributed by atoms with Gasteiger partial charge >= 0.3 is 0 Å². The van der Waals surface area contributed by atoms with Crippen LogP contribution in [-0.4, -0.2) is 44.1 Å². The third-order valence-electron chi connectivity index (χ3n) is 5.53. The number of carbonyl (C=O) groups is 1. The lowest BCUT2D eigenvalue weighted by atomic mass is 10.2. The van der Waals surface area contributed by atoms with Gasteiger partial charge < -0.3 is 19.0 Å². The highest BCUT2D eigenvalue weighted by Gasteiger charge is 2.36. The predicted octanol–water partition coefficient (Wildman–Crippen LogP) is 3.77. The quantitative estimate of drug-likeness (QED) is 0.756. The van der Waals surface area contributed by atoms with Gasteiger partial charge in [-0.25, -0.2) is 0 Å². The van der Waals surface area contributed by atoms with Crippen LogP contribution in [0.25, 0.3) is 6.08 Å². The number of piperazine rings is 1. The van der Waals surface area contributed by atoms with E-state index in [9.17, 15) is 4.79 Å². The molecule has 2 unspecified atom stereocenters. The van der Waals surface area contributed by atoms with E-state index >= 15 is 0 Å². The second-order valence-electron chi connectivity index (χ2n) is 7.38. The fourth-order valence-electron chi connectivity index (χ4n) is 3.69. The summed E-state index contributed by atoms with van der Waals surface area (Å²) in [5.41, 5.74) is 1.08. The molecule has 1 saturated heterocycles. The Morgan fingerprint density at radius 1 is 1.15 bits per heavy atom. The van der Waals surface area contributed by atoms with E-state index in [-0.39, 0.29) is 5.91 Å². The highest BCUT2D eigenvalue weighted by molar-refractivity contribution is 5.91. The molecule has 0 N–H and O–H groups in total. The second-order valence-corrected chi connectivity index (χ2v) is 7.38. The Labute approximate surface area is 160 Å². The van der Waals surface area contributed by atoms with Gasteiger partial charge in [0.2, 0.25) is 5.91 Å². The Bertz CT molecular complexity index is 834. The summed E-state index contributed by atoms with van der Waals surface area (Å²) in [5.74, 6) is 3.98. The number of hydrogen-bond acceptors (Lipinski definition) is 4. The summed E-state index contributed by atoms with van der Waals surface area (Å²) in [5, 5.41) is 0. The second kappa shape index (κ2) is 7.51. The third kappa shape index (κ3) is 3.87. The van der Waals surface area contributed by atoms with Crippen LogP contribution in [0.2, 0.25) is 0 Å². The van der Waals surface area contributed by atoms with E-state index in [1.165, 1.54) is 6.42 Å². The van der Waals surface area contributed by atoms with E-state index in [4.69, 9.17) is 9.15 Å². The first-order valence-electron chi connectivity index (χ1n) is 9.60. The molecule has 0 bridgehead atoms. The smallest absolute Gasteiger partial charge is 0.246 e. The van der Waals surface area contributed by atoms with Crippen LogP contribution in [0.1, 0.15) is 30.8 Å². The molecular formula is C22H26N2O3. The highest BCUT2D eigenvalue weighted by atomic mass is 16.5. The molecule has 1 aliphatic carbocycles. The van der Waals surface area contributed by atoms with Crippen LogP contribution in [0.5, 0.6) is 5.75 Å². The number of furan rings is 1. The van der Waals surface area contributed by atoms with Gasteiger partial charge in [0.15, 0.2) is 0 Å². The molecule has 1 aliphatic heterocycles. The summed E-state index contributed by atoms with van der Waals surface area (Å²) in [4.78, 5) is 16.6. The molecule has 2 heterocycles. The molecule has 5 nitrogen and oxygen atoms in total. The van der Waals surface area contributed by atoms with Crippen LogP contribution in [0.15, 0.2) is 46.9 Å². The van der Waals surface area contributed by atoms with Crippen LogP contribution in [0, 0.1) is 5.92 Å².